The summed E-state index contributed by atoms with van der Waals surface area (Å²) in [6, 6.07) is 15.8. The highest BCUT2D eigenvalue weighted by molar-refractivity contribution is 5.93. The molecule has 0 saturated carbocycles. The zero-order valence-electron chi connectivity index (χ0n) is 10.5. The molecule has 0 amide bonds. The predicted octanol–water partition coefficient (Wildman–Crippen LogP) is 3.39. The number of methoxy groups -OCH3 is 1. The first-order chi connectivity index (χ1) is 9.29. The highest BCUT2D eigenvalue weighted by Crippen LogP contribution is 2.26. The Kier molecular flexibility index (Phi) is 2.80. The molecule has 0 aliphatic carbocycles. The maximum absolute atomic E-state index is 11.6. The number of fused-ring (bicyclic) bond motifs is 1. The van der Waals surface area contributed by atoms with E-state index in [0.29, 0.717) is 5.56 Å². The minimum absolute atomic E-state index is 0.317. The lowest BCUT2D eigenvalue weighted by Gasteiger charge is -2.03. The molecule has 19 heavy (non-hydrogen) atoms. The van der Waals surface area contributed by atoms with E-state index in [-0.39, 0.29) is 5.97 Å². The van der Waals surface area contributed by atoms with Crippen molar-refractivity contribution in [3.8, 4) is 11.1 Å². The van der Waals surface area contributed by atoms with Crippen LogP contribution >= 0.6 is 0 Å². The third-order valence-electron chi connectivity index (χ3n) is 3.17. The van der Waals surface area contributed by atoms with Gasteiger partial charge < -0.3 is 9.14 Å². The average Bonchev–Trinajstić information content (AvgIpc) is 2.90. The van der Waals surface area contributed by atoms with Gasteiger partial charge in [0, 0.05) is 18.0 Å². The van der Waals surface area contributed by atoms with Gasteiger partial charge in [-0.05, 0) is 23.8 Å². The molecule has 0 fully saturated rings. The summed E-state index contributed by atoms with van der Waals surface area (Å²) >= 11 is 0. The Morgan fingerprint density at radius 3 is 2.53 bits per heavy atom. The molecule has 2 heterocycles. The molecule has 2 aromatic heterocycles. The lowest BCUT2D eigenvalue weighted by Crippen LogP contribution is -2.01. The number of hydrogen-bond donors (Lipinski definition) is 0. The highest BCUT2D eigenvalue weighted by Gasteiger charge is 2.09. The number of aromatic nitrogens is 1. The second-order valence-corrected chi connectivity index (χ2v) is 4.29. The SMILES string of the molecule is COC(=O)c1ccn2ccc(-c3ccccc3)c2c1. The Balaban J connectivity index is 2.19. The van der Waals surface area contributed by atoms with Crippen LogP contribution in [-0.2, 0) is 4.74 Å². The molecular formula is C16H13NO2. The Labute approximate surface area is 111 Å². The Morgan fingerprint density at radius 2 is 1.79 bits per heavy atom. The minimum atomic E-state index is -0.317. The number of ether oxygens (including phenoxy) is 1. The first-order valence-electron chi connectivity index (χ1n) is 6.04. The number of rotatable bonds is 2. The molecule has 0 N–H and O–H groups in total. The summed E-state index contributed by atoms with van der Waals surface area (Å²) in [7, 11) is 1.39. The van der Waals surface area contributed by atoms with Crippen LogP contribution in [-0.4, -0.2) is 17.5 Å². The fourth-order valence-corrected chi connectivity index (χ4v) is 2.20. The lowest BCUT2D eigenvalue weighted by atomic mass is 10.1. The smallest absolute Gasteiger partial charge is 0.337 e. The number of nitrogens with zero attached hydrogens (tertiary/aromatic N) is 1. The van der Waals surface area contributed by atoms with Gasteiger partial charge in [0.2, 0.25) is 0 Å². The van der Waals surface area contributed by atoms with Crippen LogP contribution in [0.1, 0.15) is 10.4 Å². The van der Waals surface area contributed by atoms with Crippen molar-refractivity contribution in [1.29, 1.82) is 0 Å². The zero-order valence-corrected chi connectivity index (χ0v) is 10.5. The standard InChI is InChI=1S/C16H13NO2/c1-19-16(18)13-7-9-17-10-8-14(15(17)11-13)12-5-3-2-4-6-12/h2-11H,1H3. The normalized spacial score (nSPS) is 10.6. The summed E-state index contributed by atoms with van der Waals surface area (Å²) in [5, 5.41) is 0. The largest absolute Gasteiger partial charge is 0.465 e. The highest BCUT2D eigenvalue weighted by atomic mass is 16.5. The molecule has 3 aromatic rings. The fraction of sp³-hybridized carbons (Fsp3) is 0.0625. The molecule has 0 aliphatic rings. The second kappa shape index (κ2) is 4.61. The summed E-state index contributed by atoms with van der Waals surface area (Å²) < 4.78 is 6.75. The van der Waals surface area contributed by atoms with Gasteiger partial charge in [0.15, 0.2) is 0 Å². The van der Waals surface area contributed by atoms with E-state index in [1.807, 2.05) is 47.1 Å². The summed E-state index contributed by atoms with van der Waals surface area (Å²) in [5.41, 5.74) is 3.79. The lowest BCUT2D eigenvalue weighted by molar-refractivity contribution is 0.0601. The van der Waals surface area contributed by atoms with Crippen molar-refractivity contribution in [2.45, 2.75) is 0 Å². The molecule has 3 heteroatoms. The van der Waals surface area contributed by atoms with Gasteiger partial charge in [0.05, 0.1) is 18.2 Å². The number of hydrogen-bond acceptors (Lipinski definition) is 2. The van der Waals surface area contributed by atoms with Crippen LogP contribution in [0.25, 0.3) is 16.6 Å². The summed E-state index contributed by atoms with van der Waals surface area (Å²) in [4.78, 5) is 11.6. The maximum atomic E-state index is 11.6. The average molecular weight is 251 g/mol. The number of benzene rings is 1. The van der Waals surface area contributed by atoms with Gasteiger partial charge in [-0.3, -0.25) is 0 Å². The number of carbonyl (C=O) groups is 1. The molecule has 0 aliphatic heterocycles. The first kappa shape index (κ1) is 11.5. The third-order valence-corrected chi connectivity index (χ3v) is 3.17. The molecule has 0 spiro atoms. The molecule has 0 saturated heterocycles. The van der Waals surface area contributed by atoms with E-state index in [4.69, 9.17) is 4.74 Å². The van der Waals surface area contributed by atoms with Gasteiger partial charge in [-0.1, -0.05) is 30.3 Å². The minimum Gasteiger partial charge on any atom is -0.465 e. The topological polar surface area (TPSA) is 30.7 Å². The molecule has 0 atom stereocenters. The Morgan fingerprint density at radius 1 is 1.05 bits per heavy atom. The first-order valence-corrected chi connectivity index (χ1v) is 6.04. The van der Waals surface area contributed by atoms with Gasteiger partial charge in [0.25, 0.3) is 0 Å². The number of pyridine rings is 1. The molecule has 0 radical (unpaired) electrons. The van der Waals surface area contributed by atoms with Crippen LogP contribution in [0.2, 0.25) is 0 Å². The van der Waals surface area contributed by atoms with Crippen molar-refractivity contribution in [3.63, 3.8) is 0 Å². The van der Waals surface area contributed by atoms with Gasteiger partial charge in [-0.25, -0.2) is 4.79 Å². The van der Waals surface area contributed by atoms with Crippen LogP contribution in [0.3, 0.4) is 0 Å². The summed E-state index contributed by atoms with van der Waals surface area (Å²) in [6.07, 6.45) is 3.85. The van der Waals surface area contributed by atoms with E-state index in [2.05, 4.69) is 12.1 Å². The quantitative estimate of drug-likeness (QED) is 0.653. The monoisotopic (exact) mass is 251 g/mol. The van der Waals surface area contributed by atoms with Crippen molar-refractivity contribution in [3.05, 3.63) is 66.5 Å². The van der Waals surface area contributed by atoms with Crippen molar-refractivity contribution in [2.24, 2.45) is 0 Å². The third kappa shape index (κ3) is 1.99. The van der Waals surface area contributed by atoms with Gasteiger partial charge >= 0.3 is 5.97 Å². The Hall–Kier alpha value is -2.55. The number of esters is 1. The molecule has 1 aromatic carbocycles. The van der Waals surface area contributed by atoms with Crippen LogP contribution in [0.15, 0.2) is 60.9 Å². The number of carbonyl (C=O) groups excluding carboxylic acids is 1. The zero-order chi connectivity index (χ0) is 13.2. The molecule has 3 nitrogen and oxygen atoms in total. The van der Waals surface area contributed by atoms with Crippen LogP contribution in [0.5, 0.6) is 0 Å². The van der Waals surface area contributed by atoms with Crippen molar-refractivity contribution in [2.75, 3.05) is 7.11 Å². The summed E-state index contributed by atoms with van der Waals surface area (Å²) in [5.74, 6) is -0.317. The van der Waals surface area contributed by atoms with Crippen LogP contribution in [0.4, 0.5) is 0 Å². The van der Waals surface area contributed by atoms with Crippen LogP contribution in [0, 0.1) is 0 Å². The molecule has 94 valence electrons. The molecule has 0 unspecified atom stereocenters. The van der Waals surface area contributed by atoms with E-state index in [9.17, 15) is 4.79 Å². The van der Waals surface area contributed by atoms with Crippen LogP contribution < -0.4 is 0 Å². The van der Waals surface area contributed by atoms with Gasteiger partial charge in [-0.15, -0.1) is 0 Å². The molecule has 0 bridgehead atoms. The molecule has 3 rings (SSSR count). The van der Waals surface area contributed by atoms with E-state index < -0.39 is 0 Å². The van der Waals surface area contributed by atoms with Gasteiger partial charge in [-0.2, -0.15) is 0 Å². The van der Waals surface area contributed by atoms with Crippen molar-refractivity contribution >= 4 is 11.5 Å². The second-order valence-electron chi connectivity index (χ2n) is 4.29. The van der Waals surface area contributed by atoms with Crippen molar-refractivity contribution in [1.82, 2.24) is 4.40 Å². The fourth-order valence-electron chi connectivity index (χ4n) is 2.20. The predicted molar refractivity (Wildman–Crippen MR) is 74.2 cm³/mol. The van der Waals surface area contributed by atoms with Crippen molar-refractivity contribution < 1.29 is 9.53 Å². The van der Waals surface area contributed by atoms with E-state index in [1.54, 1.807) is 6.07 Å². The van der Waals surface area contributed by atoms with Gasteiger partial charge in [0.1, 0.15) is 0 Å². The molecular weight excluding hydrogens is 238 g/mol. The van der Waals surface area contributed by atoms with E-state index >= 15 is 0 Å². The Bertz CT molecular complexity index is 729. The van der Waals surface area contributed by atoms with E-state index in [0.717, 1.165) is 16.6 Å². The maximum Gasteiger partial charge on any atom is 0.337 e. The van der Waals surface area contributed by atoms with E-state index in [1.165, 1.54) is 7.11 Å². The summed E-state index contributed by atoms with van der Waals surface area (Å²) in [6.45, 7) is 0.